The minimum Gasteiger partial charge on any atom is -0.456 e. The van der Waals surface area contributed by atoms with E-state index in [1.807, 2.05) is 12.1 Å². The van der Waals surface area contributed by atoms with E-state index >= 15 is 0 Å². The topological polar surface area (TPSA) is 29.5 Å². The van der Waals surface area contributed by atoms with Crippen LogP contribution in [-0.4, -0.2) is 0 Å². The zero-order chi connectivity index (χ0) is 42.5. The highest BCUT2D eigenvalue weighted by Gasteiger charge is 2.37. The first-order valence-corrected chi connectivity index (χ1v) is 22.1. The minimum atomic E-state index is -0.116. The third-order valence-electron chi connectivity index (χ3n) is 13.7. The lowest BCUT2D eigenvalue weighted by molar-refractivity contribution is 0.662. The molecule has 0 spiro atoms. The van der Waals surface area contributed by atoms with Crippen LogP contribution in [0.5, 0.6) is 0 Å². The van der Waals surface area contributed by atoms with Crippen molar-refractivity contribution in [2.45, 2.75) is 19.3 Å². The van der Waals surface area contributed by atoms with Crippen LogP contribution in [0.2, 0.25) is 0 Å². The Morgan fingerprint density at radius 1 is 0.375 bits per heavy atom. The van der Waals surface area contributed by atoms with Gasteiger partial charge in [-0.05, 0) is 116 Å². The largest absolute Gasteiger partial charge is 0.456 e. The molecule has 1 aliphatic carbocycles. The van der Waals surface area contributed by atoms with Crippen LogP contribution in [0.3, 0.4) is 0 Å². The van der Waals surface area contributed by atoms with E-state index in [0.29, 0.717) is 0 Å². The first kappa shape index (κ1) is 36.5. The van der Waals surface area contributed by atoms with E-state index in [9.17, 15) is 0 Å². The Kier molecular flexibility index (Phi) is 7.95. The highest BCUT2D eigenvalue weighted by atomic mass is 16.3. The zero-order valence-corrected chi connectivity index (χ0v) is 35.5. The highest BCUT2D eigenvalue weighted by molar-refractivity contribution is 6.16. The van der Waals surface area contributed by atoms with Gasteiger partial charge in [-0.25, -0.2) is 0 Å². The minimum absolute atomic E-state index is 0.116. The fraction of sp³-hybridized carbons (Fsp3) is 0.0492. The van der Waals surface area contributed by atoms with Crippen molar-refractivity contribution in [2.24, 2.45) is 0 Å². The number of anilines is 3. The van der Waals surface area contributed by atoms with Crippen molar-refractivity contribution in [1.29, 1.82) is 0 Å². The van der Waals surface area contributed by atoms with Crippen LogP contribution in [0.4, 0.5) is 17.1 Å². The molecular formula is C61H41NO2. The van der Waals surface area contributed by atoms with Crippen molar-refractivity contribution in [1.82, 2.24) is 0 Å². The summed E-state index contributed by atoms with van der Waals surface area (Å²) in [7, 11) is 0. The number of para-hydroxylation sites is 2. The Labute approximate surface area is 371 Å². The summed E-state index contributed by atoms with van der Waals surface area (Å²) in [5, 5.41) is 6.79. The lowest BCUT2D eigenvalue weighted by Gasteiger charge is -2.28. The molecule has 2 aromatic heterocycles. The van der Waals surface area contributed by atoms with Crippen LogP contribution >= 0.6 is 0 Å². The first-order valence-electron chi connectivity index (χ1n) is 22.1. The molecule has 13 rings (SSSR count). The van der Waals surface area contributed by atoms with Crippen LogP contribution in [0, 0.1) is 0 Å². The summed E-state index contributed by atoms with van der Waals surface area (Å²) in [5.41, 5.74) is 19.1. The van der Waals surface area contributed by atoms with Gasteiger partial charge < -0.3 is 13.7 Å². The van der Waals surface area contributed by atoms with E-state index in [-0.39, 0.29) is 5.41 Å². The fourth-order valence-electron chi connectivity index (χ4n) is 10.7. The summed E-state index contributed by atoms with van der Waals surface area (Å²) in [6.07, 6.45) is 0. The molecule has 0 saturated heterocycles. The molecular weight excluding hydrogens is 779 g/mol. The van der Waals surface area contributed by atoms with Gasteiger partial charge in [-0.15, -0.1) is 0 Å². The molecule has 12 aromatic rings. The molecule has 0 unspecified atom stereocenters. The first-order chi connectivity index (χ1) is 31.5. The van der Waals surface area contributed by atoms with Crippen molar-refractivity contribution in [2.75, 3.05) is 4.90 Å². The van der Waals surface area contributed by atoms with E-state index in [4.69, 9.17) is 8.83 Å². The summed E-state index contributed by atoms with van der Waals surface area (Å²) in [6, 6.07) is 76.7. The SMILES string of the molecule is CC1(C)c2ccccc2-c2cccc(-c3ccc(N(c4ccc(-c5cccc6oc7ccccc7c56)cc4)c4ccccc4-c4ccc5oc6c7ccccc7ccc6c5c4)cc3)c21. The van der Waals surface area contributed by atoms with Gasteiger partial charge in [-0.1, -0.05) is 166 Å². The second-order valence-electron chi connectivity index (χ2n) is 17.6. The molecule has 302 valence electrons. The maximum absolute atomic E-state index is 6.56. The second-order valence-corrected chi connectivity index (χ2v) is 17.6. The number of furan rings is 2. The Balaban J connectivity index is 0.961. The summed E-state index contributed by atoms with van der Waals surface area (Å²) in [6.45, 7) is 4.72. The van der Waals surface area contributed by atoms with Gasteiger partial charge in [-0.3, -0.25) is 0 Å². The van der Waals surface area contributed by atoms with E-state index in [1.54, 1.807) is 0 Å². The van der Waals surface area contributed by atoms with Gasteiger partial charge in [0.2, 0.25) is 0 Å². The van der Waals surface area contributed by atoms with Crippen molar-refractivity contribution >= 4 is 71.7 Å². The molecule has 10 aromatic carbocycles. The maximum Gasteiger partial charge on any atom is 0.143 e. The zero-order valence-electron chi connectivity index (χ0n) is 35.5. The number of fused-ring (bicyclic) bond motifs is 11. The van der Waals surface area contributed by atoms with Crippen LogP contribution < -0.4 is 4.90 Å². The van der Waals surface area contributed by atoms with Crippen LogP contribution in [0.25, 0.3) is 99.2 Å². The molecule has 0 fully saturated rings. The molecule has 0 aliphatic heterocycles. The van der Waals surface area contributed by atoms with Crippen molar-refractivity contribution < 1.29 is 8.83 Å². The predicted molar refractivity (Wildman–Crippen MR) is 267 cm³/mol. The van der Waals surface area contributed by atoms with Gasteiger partial charge in [0, 0.05) is 49.3 Å². The number of benzene rings is 10. The highest BCUT2D eigenvalue weighted by Crippen LogP contribution is 2.52. The van der Waals surface area contributed by atoms with Crippen LogP contribution in [0.1, 0.15) is 25.0 Å². The Hall–Kier alpha value is -8.14. The van der Waals surface area contributed by atoms with E-state index in [2.05, 4.69) is 219 Å². The van der Waals surface area contributed by atoms with Crippen molar-refractivity contribution in [3.63, 3.8) is 0 Å². The summed E-state index contributed by atoms with van der Waals surface area (Å²) >= 11 is 0. The van der Waals surface area contributed by atoms with Crippen molar-refractivity contribution in [3.8, 4) is 44.5 Å². The van der Waals surface area contributed by atoms with Crippen molar-refractivity contribution in [3.05, 3.63) is 223 Å². The van der Waals surface area contributed by atoms with Crippen LogP contribution in [0.15, 0.2) is 221 Å². The van der Waals surface area contributed by atoms with E-state index in [1.165, 1.54) is 38.8 Å². The standard InChI is InChI=1S/C61H41NO2/c1-61(2)53-21-8-5-16-48(53)49-20-11-19-46(59(49)61)40-27-33-43(34-28-40)62(42-31-25-39(26-32-42)45-18-12-24-57-58(45)51-17-7-10-23-55(51)63-57)54-22-9-6-14-44(54)41-30-36-56-52(37-41)50-35-29-38-13-3-4-15-47(38)60(50)64-56/h3-37H,1-2H3. The van der Waals surface area contributed by atoms with Crippen LogP contribution in [-0.2, 0) is 5.41 Å². The summed E-state index contributed by atoms with van der Waals surface area (Å²) < 4.78 is 12.8. The van der Waals surface area contributed by atoms with Gasteiger partial charge >= 0.3 is 0 Å². The number of hydrogen-bond donors (Lipinski definition) is 0. The summed E-state index contributed by atoms with van der Waals surface area (Å²) in [4.78, 5) is 2.40. The molecule has 3 heteroatoms. The normalized spacial score (nSPS) is 13.0. The molecule has 2 heterocycles. The Morgan fingerprint density at radius 3 is 1.80 bits per heavy atom. The molecule has 0 amide bonds. The average Bonchev–Trinajstić information content (AvgIpc) is 4.00. The maximum atomic E-state index is 6.56. The number of hydrogen-bond acceptors (Lipinski definition) is 3. The Morgan fingerprint density at radius 2 is 0.969 bits per heavy atom. The van der Waals surface area contributed by atoms with Gasteiger partial charge in [0.1, 0.15) is 22.3 Å². The molecule has 0 saturated carbocycles. The summed E-state index contributed by atoms with van der Waals surface area (Å²) in [5.74, 6) is 0. The fourth-order valence-corrected chi connectivity index (χ4v) is 10.7. The molecule has 0 bridgehead atoms. The van der Waals surface area contributed by atoms with E-state index in [0.717, 1.165) is 88.6 Å². The lowest BCUT2D eigenvalue weighted by atomic mass is 9.79. The molecule has 0 radical (unpaired) electrons. The second kappa shape index (κ2) is 13.9. The van der Waals surface area contributed by atoms with Gasteiger partial charge in [0.25, 0.3) is 0 Å². The molecule has 0 atom stereocenters. The monoisotopic (exact) mass is 819 g/mol. The quantitative estimate of drug-likeness (QED) is 0.167. The number of nitrogens with zero attached hydrogens (tertiary/aromatic N) is 1. The molecule has 0 N–H and O–H groups in total. The van der Waals surface area contributed by atoms with Gasteiger partial charge in [-0.2, -0.15) is 0 Å². The third-order valence-corrected chi connectivity index (χ3v) is 13.7. The number of rotatable bonds is 6. The average molecular weight is 820 g/mol. The van der Waals surface area contributed by atoms with E-state index < -0.39 is 0 Å². The predicted octanol–water partition coefficient (Wildman–Crippen LogP) is 17.4. The van der Waals surface area contributed by atoms with Gasteiger partial charge in [0.15, 0.2) is 0 Å². The molecule has 3 nitrogen and oxygen atoms in total. The lowest BCUT2D eigenvalue weighted by Crippen LogP contribution is -2.16. The smallest absolute Gasteiger partial charge is 0.143 e. The molecule has 64 heavy (non-hydrogen) atoms. The molecule has 1 aliphatic rings. The third kappa shape index (κ3) is 5.47. The van der Waals surface area contributed by atoms with Gasteiger partial charge in [0.05, 0.1) is 5.69 Å². The Bertz CT molecular complexity index is 3810.